The first-order chi connectivity index (χ1) is 15.9. The van der Waals surface area contributed by atoms with Crippen LogP contribution < -0.4 is 0 Å². The molecule has 4 aliphatic rings. The molecule has 178 valence electrons. The number of nitrogens with zero attached hydrogens (tertiary/aromatic N) is 3. The predicted molar refractivity (Wildman–Crippen MR) is 124 cm³/mol. The molecule has 2 aromatic heterocycles. The van der Waals surface area contributed by atoms with Crippen molar-refractivity contribution in [3.05, 3.63) is 24.7 Å². The molecular formula is C27H36FN3O2. The van der Waals surface area contributed by atoms with Gasteiger partial charge in [-0.15, -0.1) is 0 Å². The SMILES string of the molecule is C[C@]12CC[C@H]3[C@@H](CC[C@@H]4C[C@@](O)(CF)CC[C@@H]43)[C@@H]1CC[C@@H]2C(=O)Cn1cc2ccncc2n1. The third-order valence-corrected chi connectivity index (χ3v) is 10.4. The monoisotopic (exact) mass is 453 g/mol. The van der Waals surface area contributed by atoms with Crippen LogP contribution in [0.3, 0.4) is 0 Å². The molecule has 0 amide bonds. The molecule has 0 saturated heterocycles. The maximum Gasteiger partial charge on any atom is 0.157 e. The zero-order chi connectivity index (χ0) is 22.8. The van der Waals surface area contributed by atoms with Gasteiger partial charge in [-0.1, -0.05) is 6.92 Å². The van der Waals surface area contributed by atoms with Crippen molar-refractivity contribution >= 4 is 16.7 Å². The summed E-state index contributed by atoms with van der Waals surface area (Å²) < 4.78 is 15.2. The molecule has 2 aromatic rings. The van der Waals surface area contributed by atoms with Crippen LogP contribution in [0.5, 0.6) is 0 Å². The van der Waals surface area contributed by atoms with E-state index >= 15 is 0 Å². The van der Waals surface area contributed by atoms with Gasteiger partial charge in [-0.05, 0) is 98.9 Å². The molecule has 4 saturated carbocycles. The quantitative estimate of drug-likeness (QED) is 0.710. The lowest BCUT2D eigenvalue weighted by Crippen LogP contribution is -2.52. The number of hydrogen-bond donors (Lipinski definition) is 1. The van der Waals surface area contributed by atoms with Crippen LogP contribution in [-0.2, 0) is 11.3 Å². The first-order valence-corrected chi connectivity index (χ1v) is 13.0. The summed E-state index contributed by atoms with van der Waals surface area (Å²) in [5, 5.41) is 16.1. The predicted octanol–water partition coefficient (Wildman–Crippen LogP) is 4.97. The number of carbonyl (C=O) groups excluding carboxylic acids is 1. The number of hydrogen-bond acceptors (Lipinski definition) is 4. The Morgan fingerprint density at radius 2 is 2.00 bits per heavy atom. The third-order valence-electron chi connectivity index (χ3n) is 10.4. The van der Waals surface area contributed by atoms with Crippen molar-refractivity contribution in [2.24, 2.45) is 40.9 Å². The van der Waals surface area contributed by atoms with Crippen molar-refractivity contribution < 1.29 is 14.3 Å². The van der Waals surface area contributed by atoms with Crippen molar-refractivity contribution in [2.75, 3.05) is 6.67 Å². The number of pyridine rings is 1. The van der Waals surface area contributed by atoms with Crippen LogP contribution in [0, 0.1) is 40.9 Å². The fraction of sp³-hybridized carbons (Fsp3) is 0.741. The van der Waals surface area contributed by atoms with E-state index in [-0.39, 0.29) is 11.3 Å². The average Bonchev–Trinajstić information content (AvgIpc) is 3.38. The smallest absolute Gasteiger partial charge is 0.157 e. The molecule has 6 heteroatoms. The zero-order valence-electron chi connectivity index (χ0n) is 19.6. The van der Waals surface area contributed by atoms with Crippen LogP contribution in [0.25, 0.3) is 10.9 Å². The van der Waals surface area contributed by atoms with E-state index in [1.807, 2.05) is 12.3 Å². The fourth-order valence-electron chi connectivity index (χ4n) is 8.88. The molecule has 5 nitrogen and oxygen atoms in total. The molecule has 8 atom stereocenters. The highest BCUT2D eigenvalue weighted by molar-refractivity contribution is 5.83. The molecule has 1 N–H and O–H groups in total. The Hall–Kier alpha value is -1.82. The van der Waals surface area contributed by atoms with Crippen molar-refractivity contribution in [2.45, 2.75) is 76.9 Å². The van der Waals surface area contributed by atoms with E-state index in [4.69, 9.17) is 0 Å². The second-order valence-electron chi connectivity index (χ2n) is 11.9. The van der Waals surface area contributed by atoms with Gasteiger partial charge in [0.2, 0.25) is 0 Å². The standard InChI is InChI=1S/C27H36FN3O2/c1-26-9-6-20-19-7-10-27(33,16-28)12-17(19)2-3-21(20)22(26)4-5-23(26)25(32)15-31-14-18-8-11-29-13-24(18)30-31/h8,11,13-14,17,19-23,33H,2-7,9-10,12,15-16H2,1H3/t17-,19+,20-,21-,22+,23-,26+,27-/m1/s1. The second-order valence-corrected chi connectivity index (χ2v) is 11.9. The van der Waals surface area contributed by atoms with Gasteiger partial charge in [0.25, 0.3) is 0 Å². The van der Waals surface area contributed by atoms with Crippen molar-refractivity contribution in [1.29, 1.82) is 0 Å². The Morgan fingerprint density at radius 1 is 1.15 bits per heavy atom. The van der Waals surface area contributed by atoms with E-state index < -0.39 is 12.3 Å². The van der Waals surface area contributed by atoms with Gasteiger partial charge in [0.05, 0.1) is 18.3 Å². The van der Waals surface area contributed by atoms with Crippen molar-refractivity contribution in [3.8, 4) is 0 Å². The van der Waals surface area contributed by atoms with Gasteiger partial charge < -0.3 is 5.11 Å². The van der Waals surface area contributed by atoms with Crippen LogP contribution in [-0.4, -0.2) is 37.9 Å². The summed E-state index contributed by atoms with van der Waals surface area (Å²) in [4.78, 5) is 17.6. The Kier molecular flexibility index (Phi) is 5.17. The van der Waals surface area contributed by atoms with Crippen LogP contribution in [0.4, 0.5) is 4.39 Å². The van der Waals surface area contributed by atoms with E-state index in [1.165, 1.54) is 12.8 Å². The summed E-state index contributed by atoms with van der Waals surface area (Å²) in [6.45, 7) is 2.14. The number of aliphatic hydroxyl groups is 1. The lowest BCUT2D eigenvalue weighted by Gasteiger charge is -2.56. The van der Waals surface area contributed by atoms with Gasteiger partial charge >= 0.3 is 0 Å². The minimum absolute atomic E-state index is 0.0908. The second kappa shape index (κ2) is 7.86. The first-order valence-electron chi connectivity index (χ1n) is 13.0. The molecule has 2 heterocycles. The molecule has 33 heavy (non-hydrogen) atoms. The van der Waals surface area contributed by atoms with Crippen LogP contribution in [0.1, 0.15) is 64.7 Å². The summed E-state index contributed by atoms with van der Waals surface area (Å²) >= 11 is 0. The zero-order valence-corrected chi connectivity index (χ0v) is 19.6. The summed E-state index contributed by atoms with van der Waals surface area (Å²) in [7, 11) is 0. The number of ketones is 1. The molecule has 0 unspecified atom stereocenters. The Balaban J connectivity index is 1.17. The molecule has 4 aliphatic carbocycles. The van der Waals surface area contributed by atoms with E-state index in [1.54, 1.807) is 17.1 Å². The number of carbonyl (C=O) groups is 1. The third kappa shape index (κ3) is 3.46. The molecule has 0 spiro atoms. The van der Waals surface area contributed by atoms with E-state index in [0.29, 0.717) is 54.8 Å². The summed E-state index contributed by atoms with van der Waals surface area (Å²) in [6.07, 6.45) is 14.5. The highest BCUT2D eigenvalue weighted by atomic mass is 19.1. The summed E-state index contributed by atoms with van der Waals surface area (Å²) in [5.41, 5.74) is -0.145. The van der Waals surface area contributed by atoms with Gasteiger partial charge in [0, 0.05) is 23.7 Å². The van der Waals surface area contributed by atoms with Crippen molar-refractivity contribution in [3.63, 3.8) is 0 Å². The van der Waals surface area contributed by atoms with Gasteiger partial charge in [0.1, 0.15) is 12.2 Å². The van der Waals surface area contributed by atoms with E-state index in [2.05, 4.69) is 17.0 Å². The van der Waals surface area contributed by atoms with Crippen LogP contribution in [0.2, 0.25) is 0 Å². The van der Waals surface area contributed by atoms with Crippen molar-refractivity contribution in [1.82, 2.24) is 14.8 Å². The lowest BCUT2D eigenvalue weighted by atomic mass is 9.49. The number of aromatic nitrogens is 3. The average molecular weight is 454 g/mol. The molecule has 0 radical (unpaired) electrons. The normalized spacial score (nSPS) is 42.5. The van der Waals surface area contributed by atoms with E-state index in [0.717, 1.165) is 43.0 Å². The molecular weight excluding hydrogens is 417 g/mol. The fourth-order valence-corrected chi connectivity index (χ4v) is 8.88. The number of Topliss-reactive ketones (excluding diaryl/α,β-unsaturated/α-hetero) is 1. The number of alkyl halides is 1. The van der Waals surface area contributed by atoms with Gasteiger partial charge in [-0.3, -0.25) is 14.5 Å². The minimum Gasteiger partial charge on any atom is -0.387 e. The van der Waals surface area contributed by atoms with Crippen LogP contribution >= 0.6 is 0 Å². The lowest BCUT2D eigenvalue weighted by molar-refractivity contribution is -0.134. The maximum atomic E-state index is 13.5. The Morgan fingerprint density at radius 3 is 2.82 bits per heavy atom. The summed E-state index contributed by atoms with van der Waals surface area (Å²) in [5.74, 6) is 3.58. The Labute approximate surface area is 195 Å². The van der Waals surface area contributed by atoms with E-state index in [9.17, 15) is 14.3 Å². The van der Waals surface area contributed by atoms with Gasteiger partial charge in [0.15, 0.2) is 5.78 Å². The molecule has 4 fully saturated rings. The molecule has 0 aromatic carbocycles. The largest absolute Gasteiger partial charge is 0.387 e. The minimum atomic E-state index is -1.07. The van der Waals surface area contributed by atoms with Crippen LogP contribution in [0.15, 0.2) is 24.7 Å². The topological polar surface area (TPSA) is 68.0 Å². The maximum absolute atomic E-state index is 13.5. The molecule has 0 bridgehead atoms. The molecule has 0 aliphatic heterocycles. The summed E-state index contributed by atoms with van der Waals surface area (Å²) in [6, 6.07) is 1.94. The number of rotatable bonds is 4. The Bertz CT molecular complexity index is 1020. The highest BCUT2D eigenvalue weighted by Gasteiger charge is 2.59. The number of halogens is 1. The molecule has 6 rings (SSSR count). The highest BCUT2D eigenvalue weighted by Crippen LogP contribution is 2.64. The van der Waals surface area contributed by atoms with Gasteiger partial charge in [-0.2, -0.15) is 5.10 Å². The van der Waals surface area contributed by atoms with Gasteiger partial charge in [-0.25, -0.2) is 4.39 Å². The number of fused-ring (bicyclic) bond motifs is 6. The first kappa shape index (κ1) is 21.7.